The summed E-state index contributed by atoms with van der Waals surface area (Å²) in [5, 5.41) is 0. The van der Waals surface area contributed by atoms with Crippen LogP contribution in [-0.4, -0.2) is 22.3 Å². The molecule has 7 N–H and O–H groups in total. The van der Waals surface area contributed by atoms with Gasteiger partial charge in [-0.15, -0.1) is 0 Å². The van der Waals surface area contributed by atoms with Crippen molar-refractivity contribution in [3.63, 3.8) is 0 Å². The number of anilines is 1. The highest BCUT2D eigenvalue weighted by molar-refractivity contribution is 6.03. The summed E-state index contributed by atoms with van der Waals surface area (Å²) in [5.74, 6) is 3.59. The molecule has 0 aliphatic rings. The number of amidine groups is 1. The van der Waals surface area contributed by atoms with Crippen LogP contribution in [-0.2, 0) is 0 Å². The van der Waals surface area contributed by atoms with Crippen LogP contribution in [0.2, 0.25) is 0 Å². The molecule has 1 atom stereocenters. The molecule has 0 aromatic carbocycles. The van der Waals surface area contributed by atoms with Gasteiger partial charge in [0.05, 0.1) is 17.8 Å². The van der Waals surface area contributed by atoms with Crippen molar-refractivity contribution in [2.45, 2.75) is 26.8 Å². The van der Waals surface area contributed by atoms with Crippen LogP contribution in [0.25, 0.3) is 11.1 Å². The van der Waals surface area contributed by atoms with Gasteiger partial charge in [0.1, 0.15) is 11.7 Å². The van der Waals surface area contributed by atoms with Crippen LogP contribution in [0.4, 0.5) is 14.6 Å². The van der Waals surface area contributed by atoms with E-state index in [9.17, 15) is 8.78 Å². The fraction of sp³-hybridized carbons (Fsp3) is 0.227. The van der Waals surface area contributed by atoms with Gasteiger partial charge in [-0.25, -0.2) is 19.6 Å². The summed E-state index contributed by atoms with van der Waals surface area (Å²) in [7, 11) is 0. The van der Waals surface area contributed by atoms with Gasteiger partial charge in [0.2, 0.25) is 0 Å². The zero-order valence-corrected chi connectivity index (χ0v) is 17.9. The van der Waals surface area contributed by atoms with Gasteiger partial charge in [-0.05, 0) is 25.1 Å². The predicted octanol–water partition coefficient (Wildman–Crippen LogP) is 3.87. The third-order valence-corrected chi connectivity index (χ3v) is 3.91. The molecule has 2 aromatic rings. The van der Waals surface area contributed by atoms with E-state index in [2.05, 4.69) is 27.0 Å². The number of hydrazine groups is 1. The number of aliphatic imine (C=N–C) groups is 1. The minimum Gasteiger partial charge on any atom is -0.383 e. The zero-order chi connectivity index (χ0) is 23.4. The largest absolute Gasteiger partial charge is 0.383 e. The Hall–Kier alpha value is -3.43. The third-order valence-electron chi connectivity index (χ3n) is 3.91. The number of nitrogens with one attached hydrogen (secondary N) is 1. The Labute approximate surface area is 181 Å². The van der Waals surface area contributed by atoms with Gasteiger partial charge in [0.15, 0.2) is 11.7 Å². The fourth-order valence-electron chi connectivity index (χ4n) is 2.34. The van der Waals surface area contributed by atoms with E-state index in [1.807, 2.05) is 32.9 Å². The van der Waals surface area contributed by atoms with Crippen molar-refractivity contribution in [3.05, 3.63) is 78.3 Å². The molecule has 0 aliphatic carbocycles. The second kappa shape index (κ2) is 13.0. The Kier molecular flexibility index (Phi) is 10.7. The van der Waals surface area contributed by atoms with Gasteiger partial charge in [0, 0.05) is 29.6 Å². The molecular weight excluding hydrogens is 400 g/mol. The van der Waals surface area contributed by atoms with Crippen molar-refractivity contribution >= 4 is 11.7 Å². The average molecular weight is 430 g/mol. The zero-order valence-electron chi connectivity index (χ0n) is 17.9. The van der Waals surface area contributed by atoms with E-state index in [4.69, 9.17) is 17.3 Å². The summed E-state index contributed by atoms with van der Waals surface area (Å²) >= 11 is 0. The van der Waals surface area contributed by atoms with Crippen molar-refractivity contribution in [1.82, 2.24) is 15.4 Å². The first-order valence-electron chi connectivity index (χ1n) is 9.69. The number of nitrogens with two attached hydrogens (primary N) is 3. The molecule has 0 saturated carbocycles. The number of halogens is 2. The van der Waals surface area contributed by atoms with Crippen molar-refractivity contribution in [2.75, 3.05) is 12.3 Å². The Morgan fingerprint density at radius 3 is 2.45 bits per heavy atom. The first-order valence-corrected chi connectivity index (χ1v) is 9.69. The summed E-state index contributed by atoms with van der Waals surface area (Å²) < 4.78 is 27.4. The number of nitrogen functional groups attached to an aromatic ring is 1. The number of pyridine rings is 2. The number of hydrogen-bond donors (Lipinski definition) is 4. The van der Waals surface area contributed by atoms with E-state index >= 15 is 0 Å². The first kappa shape index (κ1) is 25.6. The number of aromatic nitrogens is 2. The first-order chi connectivity index (χ1) is 14.9. The maximum atomic E-state index is 13.9. The van der Waals surface area contributed by atoms with E-state index in [0.29, 0.717) is 11.1 Å². The standard InChI is InChI=1S/C20H23F2N7.C2H6/c1-3-4-5-16(21)17(22)11-28-20(29-25)15-8-14(10-27-19(15)24)13-6-7-18(12(2)23)26-9-13;1-2/h3-10,12H,1,11,23,25H2,2H3,(H2,24,27)(H,28,29);1-2H3/b5-4-,17-16-;. The predicted molar refractivity (Wildman–Crippen MR) is 123 cm³/mol. The summed E-state index contributed by atoms with van der Waals surface area (Å²) in [6, 6.07) is 5.15. The highest BCUT2D eigenvalue weighted by Crippen LogP contribution is 2.23. The molecule has 0 fully saturated rings. The number of nitrogens with zero attached hydrogens (tertiary/aromatic N) is 3. The van der Waals surface area contributed by atoms with Gasteiger partial charge in [0.25, 0.3) is 0 Å². The lowest BCUT2D eigenvalue weighted by Gasteiger charge is -2.11. The Balaban J connectivity index is 0.00000233. The van der Waals surface area contributed by atoms with Gasteiger partial charge >= 0.3 is 0 Å². The van der Waals surface area contributed by atoms with Crippen molar-refractivity contribution in [2.24, 2.45) is 16.6 Å². The highest BCUT2D eigenvalue weighted by atomic mass is 19.2. The van der Waals surface area contributed by atoms with Gasteiger partial charge in [-0.1, -0.05) is 38.6 Å². The molecule has 1 unspecified atom stereocenters. The maximum Gasteiger partial charge on any atom is 0.157 e. The van der Waals surface area contributed by atoms with Crippen LogP contribution >= 0.6 is 0 Å². The molecule has 166 valence electrons. The second-order valence-electron chi connectivity index (χ2n) is 6.07. The number of rotatable bonds is 7. The number of hydrogen-bond acceptors (Lipinski definition) is 6. The topological polar surface area (TPSA) is 128 Å². The van der Waals surface area contributed by atoms with Gasteiger partial charge < -0.3 is 16.9 Å². The molecule has 2 aromatic heterocycles. The lowest BCUT2D eigenvalue weighted by Crippen LogP contribution is -2.32. The molecule has 31 heavy (non-hydrogen) atoms. The van der Waals surface area contributed by atoms with E-state index in [1.54, 1.807) is 18.5 Å². The van der Waals surface area contributed by atoms with Crippen molar-refractivity contribution in [3.8, 4) is 11.1 Å². The molecule has 2 heterocycles. The second-order valence-corrected chi connectivity index (χ2v) is 6.07. The molecule has 0 amide bonds. The smallest absolute Gasteiger partial charge is 0.157 e. The molecule has 7 nitrogen and oxygen atoms in total. The lowest BCUT2D eigenvalue weighted by molar-refractivity contribution is 0.542. The highest BCUT2D eigenvalue weighted by Gasteiger charge is 2.12. The van der Waals surface area contributed by atoms with E-state index < -0.39 is 18.2 Å². The average Bonchev–Trinajstić information content (AvgIpc) is 2.80. The molecule has 9 heteroatoms. The quantitative estimate of drug-likeness (QED) is 0.174. The molecule has 0 saturated heterocycles. The van der Waals surface area contributed by atoms with E-state index in [0.717, 1.165) is 17.3 Å². The summed E-state index contributed by atoms with van der Waals surface area (Å²) in [6.45, 7) is 8.66. The van der Waals surface area contributed by atoms with Gasteiger partial charge in [-0.3, -0.25) is 9.98 Å². The van der Waals surface area contributed by atoms with Crippen LogP contribution in [0, 0.1) is 0 Å². The third kappa shape index (κ3) is 7.40. The maximum absolute atomic E-state index is 13.9. The summed E-state index contributed by atoms with van der Waals surface area (Å²) in [4.78, 5) is 12.4. The summed E-state index contributed by atoms with van der Waals surface area (Å²) in [6.07, 6.45) is 6.78. The molecule has 0 spiro atoms. The minimum absolute atomic E-state index is 0.0626. The van der Waals surface area contributed by atoms with Crippen LogP contribution in [0.15, 0.2) is 72.0 Å². The van der Waals surface area contributed by atoms with Crippen LogP contribution < -0.4 is 22.7 Å². The van der Waals surface area contributed by atoms with Gasteiger partial charge in [-0.2, -0.15) is 0 Å². The molecule has 0 radical (unpaired) electrons. The lowest BCUT2D eigenvalue weighted by atomic mass is 10.1. The van der Waals surface area contributed by atoms with Crippen LogP contribution in [0.3, 0.4) is 0 Å². The fourth-order valence-corrected chi connectivity index (χ4v) is 2.34. The summed E-state index contributed by atoms with van der Waals surface area (Å²) in [5.41, 5.74) is 16.6. The normalized spacial score (nSPS) is 13.2. The van der Waals surface area contributed by atoms with Crippen molar-refractivity contribution in [1.29, 1.82) is 0 Å². The molecular formula is C22H29F2N7. The van der Waals surface area contributed by atoms with Crippen LogP contribution in [0.1, 0.15) is 38.1 Å². The van der Waals surface area contributed by atoms with Crippen molar-refractivity contribution < 1.29 is 8.78 Å². The number of allylic oxidation sites excluding steroid dienone is 4. The Bertz CT molecular complexity index is 949. The Morgan fingerprint density at radius 2 is 1.90 bits per heavy atom. The van der Waals surface area contributed by atoms with E-state index in [1.165, 1.54) is 12.2 Å². The van der Waals surface area contributed by atoms with Crippen LogP contribution in [0.5, 0.6) is 0 Å². The minimum atomic E-state index is -1.06. The molecule has 0 bridgehead atoms. The SMILES string of the molecule is C=C/C=C\C(F)=C(\F)CN=C(NN)c1cc(-c2ccc(C(C)N)nc2)cnc1N.CC. The molecule has 0 aliphatic heterocycles. The monoisotopic (exact) mass is 429 g/mol. The van der Waals surface area contributed by atoms with E-state index in [-0.39, 0.29) is 17.7 Å². The Morgan fingerprint density at radius 1 is 1.23 bits per heavy atom. The molecule has 2 rings (SSSR count).